The molecule has 4 unspecified atom stereocenters. The van der Waals surface area contributed by atoms with Crippen LogP contribution in [0.15, 0.2) is 85.2 Å². The standard InChI is InChI=1S/C48H44F6N6O6/c1-59-27-5-6-28(59)20-33(19-27)63-31-9-13-37(55-23-31)25-3-11-39-35(17-25)43(45(57-39)47(49,50)51)65-41(61)15-16-42(62)66-44-36-18-26(4-12-40(36)58-46(44)48(52,53)54)38-14-10-32(24-56-38)64-34-21-29-7-8-30(22-34)60(29)2/h3-4,9-18,23-24,27-30,33-34,57-58H,5-8,19-22H2,1-2H3/b16-15+. The van der Waals surface area contributed by atoms with E-state index in [1.54, 1.807) is 48.8 Å². The molecule has 4 fully saturated rings. The zero-order valence-corrected chi connectivity index (χ0v) is 35.7. The zero-order valence-electron chi connectivity index (χ0n) is 35.7. The summed E-state index contributed by atoms with van der Waals surface area (Å²) >= 11 is 0. The molecule has 0 amide bonds. The number of benzene rings is 2. The van der Waals surface area contributed by atoms with Gasteiger partial charge in [-0.05, 0) is 114 Å². The quantitative estimate of drug-likeness (QED) is 0.0777. The topological polar surface area (TPSA) is 135 Å². The van der Waals surface area contributed by atoms with Crippen LogP contribution in [0.5, 0.6) is 23.0 Å². The molecule has 8 heterocycles. The van der Waals surface area contributed by atoms with Gasteiger partial charge in [-0.3, -0.25) is 9.97 Å². The number of nitrogens with zero attached hydrogens (tertiary/aromatic N) is 4. The maximum absolute atomic E-state index is 14.3. The van der Waals surface area contributed by atoms with Crippen LogP contribution in [0.3, 0.4) is 0 Å². The average Bonchev–Trinajstić information content (AvgIpc) is 3.94. The minimum absolute atomic E-state index is 0.00816. The lowest BCUT2D eigenvalue weighted by Gasteiger charge is -2.36. The minimum Gasteiger partial charge on any atom is -0.489 e. The third-order valence-corrected chi connectivity index (χ3v) is 13.6. The molecule has 4 aliphatic heterocycles. The molecule has 66 heavy (non-hydrogen) atoms. The second-order valence-electron chi connectivity index (χ2n) is 17.6. The summed E-state index contributed by atoms with van der Waals surface area (Å²) in [4.78, 5) is 44.4. The SMILES string of the molecule is CN1C2CCC1CC(Oc1ccc(-c3ccc4[nH]c(C(F)(F)F)c(OC(=O)/C=C/C(=O)Oc5c(C(F)(F)F)[nH]c6ccc(-c7ccc(OC8CC9CCC(C8)N9C)cn7)cc56)c4c3)nc1)C2. The van der Waals surface area contributed by atoms with Gasteiger partial charge in [0.25, 0.3) is 0 Å². The van der Waals surface area contributed by atoms with E-state index in [1.165, 1.54) is 24.3 Å². The van der Waals surface area contributed by atoms with Crippen molar-refractivity contribution in [3.8, 4) is 45.5 Å². The van der Waals surface area contributed by atoms with Gasteiger partial charge in [0.2, 0.25) is 0 Å². The highest BCUT2D eigenvalue weighted by Crippen LogP contribution is 2.44. The van der Waals surface area contributed by atoms with E-state index in [0.29, 0.717) is 70.3 Å². The van der Waals surface area contributed by atoms with Crippen molar-refractivity contribution in [1.82, 2.24) is 29.7 Å². The number of carbonyl (C=O) groups is 2. The fraction of sp³-hybridized carbons (Fsp3) is 0.375. The number of pyridine rings is 2. The van der Waals surface area contributed by atoms with E-state index >= 15 is 0 Å². The number of ether oxygens (including phenoxy) is 4. The number of hydrogen-bond acceptors (Lipinski definition) is 10. The van der Waals surface area contributed by atoms with Crippen molar-refractivity contribution in [2.75, 3.05) is 14.1 Å². The van der Waals surface area contributed by atoms with Gasteiger partial charge in [0.15, 0.2) is 22.9 Å². The number of aromatic nitrogens is 4. The summed E-state index contributed by atoms with van der Waals surface area (Å²) in [6.45, 7) is 0. The molecule has 344 valence electrons. The third kappa shape index (κ3) is 8.59. The second kappa shape index (κ2) is 16.8. The molecule has 10 rings (SSSR count). The van der Waals surface area contributed by atoms with E-state index in [9.17, 15) is 35.9 Å². The van der Waals surface area contributed by atoms with Crippen molar-refractivity contribution in [2.45, 2.75) is 100 Å². The van der Waals surface area contributed by atoms with Crippen LogP contribution in [-0.4, -0.2) is 92.1 Å². The molecule has 4 atom stereocenters. The normalized spacial score (nSPS) is 23.5. The van der Waals surface area contributed by atoms with Crippen LogP contribution >= 0.6 is 0 Å². The van der Waals surface area contributed by atoms with E-state index < -0.39 is 47.2 Å². The summed E-state index contributed by atoms with van der Waals surface area (Å²) in [6.07, 6.45) is 2.35. The number of H-pyrrole nitrogens is 2. The Morgan fingerprint density at radius 3 is 1.30 bits per heavy atom. The summed E-state index contributed by atoms with van der Waals surface area (Å²) in [5, 5.41) is -0.226. The lowest BCUT2D eigenvalue weighted by molar-refractivity contribution is -0.145. The van der Waals surface area contributed by atoms with Crippen LogP contribution in [0.25, 0.3) is 44.3 Å². The number of fused-ring (bicyclic) bond motifs is 6. The number of rotatable bonds is 10. The molecule has 0 spiro atoms. The third-order valence-electron chi connectivity index (χ3n) is 13.6. The largest absolute Gasteiger partial charge is 0.489 e. The highest BCUT2D eigenvalue weighted by molar-refractivity contribution is 5.99. The molecule has 12 nitrogen and oxygen atoms in total. The van der Waals surface area contributed by atoms with Crippen LogP contribution in [0, 0.1) is 0 Å². The van der Waals surface area contributed by atoms with Crippen molar-refractivity contribution in [2.24, 2.45) is 0 Å². The summed E-state index contributed by atoms with van der Waals surface area (Å²) in [5.74, 6) is -3.46. The molecular weight excluding hydrogens is 871 g/mol. The Hall–Kier alpha value is -6.40. The minimum atomic E-state index is -5.00. The highest BCUT2D eigenvalue weighted by atomic mass is 19.4. The van der Waals surface area contributed by atoms with E-state index in [-0.39, 0.29) is 34.0 Å². The number of aromatic amines is 2. The Morgan fingerprint density at radius 1 is 0.591 bits per heavy atom. The van der Waals surface area contributed by atoms with Crippen LogP contribution in [0.1, 0.15) is 62.8 Å². The Bertz CT molecular complexity index is 2620. The smallest absolute Gasteiger partial charge is 0.434 e. The molecule has 6 aromatic rings. The highest BCUT2D eigenvalue weighted by Gasteiger charge is 2.42. The zero-order chi connectivity index (χ0) is 46.1. The van der Waals surface area contributed by atoms with Gasteiger partial charge in [-0.1, -0.05) is 12.1 Å². The Labute approximate surface area is 373 Å². The van der Waals surface area contributed by atoms with E-state index in [4.69, 9.17) is 18.9 Å². The molecule has 4 saturated heterocycles. The molecule has 0 saturated carbocycles. The first kappa shape index (κ1) is 43.5. The lowest BCUT2D eigenvalue weighted by Crippen LogP contribution is -2.43. The first-order valence-electron chi connectivity index (χ1n) is 21.8. The van der Waals surface area contributed by atoms with Crippen molar-refractivity contribution in [3.63, 3.8) is 0 Å². The Morgan fingerprint density at radius 2 is 0.970 bits per heavy atom. The summed E-state index contributed by atoms with van der Waals surface area (Å²) < 4.78 is 109. The summed E-state index contributed by atoms with van der Waals surface area (Å²) in [5.41, 5.74) is -1.10. The van der Waals surface area contributed by atoms with Crippen molar-refractivity contribution in [1.29, 1.82) is 0 Å². The van der Waals surface area contributed by atoms with Crippen molar-refractivity contribution >= 4 is 33.7 Å². The number of esters is 2. The van der Waals surface area contributed by atoms with Gasteiger partial charge in [0.1, 0.15) is 23.7 Å². The molecule has 2 N–H and O–H groups in total. The van der Waals surface area contributed by atoms with Crippen molar-refractivity contribution < 1.29 is 54.9 Å². The second-order valence-corrected chi connectivity index (χ2v) is 17.6. The first-order chi connectivity index (χ1) is 31.5. The molecule has 18 heteroatoms. The molecule has 4 bridgehead atoms. The molecule has 4 aromatic heterocycles. The number of alkyl halides is 6. The number of piperidine rings is 2. The predicted molar refractivity (Wildman–Crippen MR) is 230 cm³/mol. The van der Waals surface area contributed by atoms with Gasteiger partial charge < -0.3 is 38.7 Å². The first-order valence-corrected chi connectivity index (χ1v) is 21.8. The lowest BCUT2D eigenvalue weighted by atomic mass is 10.0. The van der Waals surface area contributed by atoms with Gasteiger partial charge in [-0.15, -0.1) is 0 Å². The molecule has 0 aliphatic carbocycles. The fourth-order valence-electron chi connectivity index (χ4n) is 10.2. The van der Waals surface area contributed by atoms with Crippen LogP contribution in [0.2, 0.25) is 0 Å². The number of nitrogens with one attached hydrogen (secondary N) is 2. The van der Waals surface area contributed by atoms with Crippen LogP contribution in [-0.2, 0) is 21.9 Å². The van der Waals surface area contributed by atoms with Crippen molar-refractivity contribution in [3.05, 3.63) is 96.6 Å². The average molecular weight is 915 g/mol. The number of halogens is 6. The van der Waals surface area contributed by atoms with Crippen LogP contribution < -0.4 is 18.9 Å². The predicted octanol–water partition coefficient (Wildman–Crippen LogP) is 9.89. The summed E-state index contributed by atoms with van der Waals surface area (Å²) in [7, 11) is 4.28. The van der Waals surface area contributed by atoms with E-state index in [0.717, 1.165) is 51.4 Å². The number of hydrogen-bond donors (Lipinski definition) is 2. The Kier molecular flexibility index (Phi) is 11.1. The maximum Gasteiger partial charge on any atom is 0.434 e. The monoisotopic (exact) mass is 914 g/mol. The van der Waals surface area contributed by atoms with Gasteiger partial charge in [0.05, 0.1) is 23.8 Å². The molecular formula is C48H44F6N6O6. The molecule has 2 aromatic carbocycles. The van der Waals surface area contributed by atoms with E-state index in [2.05, 4.69) is 43.8 Å². The fourth-order valence-corrected chi connectivity index (χ4v) is 10.2. The van der Waals surface area contributed by atoms with Gasteiger partial charge in [-0.2, -0.15) is 26.3 Å². The van der Waals surface area contributed by atoms with Crippen LogP contribution in [0.4, 0.5) is 26.3 Å². The Balaban J connectivity index is 0.841. The molecule has 0 radical (unpaired) electrons. The van der Waals surface area contributed by atoms with Gasteiger partial charge in [-0.25, -0.2) is 9.59 Å². The van der Waals surface area contributed by atoms with E-state index in [1.807, 2.05) is 0 Å². The van der Waals surface area contributed by atoms with Gasteiger partial charge >= 0.3 is 24.3 Å². The molecule has 4 aliphatic rings. The maximum atomic E-state index is 14.3. The summed E-state index contributed by atoms with van der Waals surface area (Å²) in [6, 6.07) is 17.4. The van der Waals surface area contributed by atoms with Gasteiger partial charge in [0, 0.05) is 69.3 Å². The number of carbonyl (C=O) groups excluding carboxylic acids is 2.